The molecule has 1 N–H and O–H groups in total. The van der Waals surface area contributed by atoms with E-state index in [1.54, 1.807) is 36.4 Å². The van der Waals surface area contributed by atoms with Crippen molar-refractivity contribution in [3.8, 4) is 16.9 Å². The summed E-state index contributed by atoms with van der Waals surface area (Å²) in [4.78, 5) is 0.266. The Hall–Kier alpha value is -2.55. The molecule has 0 spiro atoms. The van der Waals surface area contributed by atoms with Crippen molar-refractivity contribution in [3.63, 3.8) is 0 Å². The lowest BCUT2D eigenvalue weighted by atomic mass is 9.50. The topological polar surface area (TPSA) is 73.2 Å². The van der Waals surface area contributed by atoms with Crippen LogP contribution < -0.4 is 4.72 Å². The molecule has 0 saturated heterocycles. The Balaban J connectivity index is 1.35. The summed E-state index contributed by atoms with van der Waals surface area (Å²) in [5.41, 5.74) is 4.17. The van der Waals surface area contributed by atoms with E-state index in [1.807, 2.05) is 11.6 Å². The number of halogens is 1. The highest BCUT2D eigenvalue weighted by atomic mass is 32.2. The van der Waals surface area contributed by atoms with Crippen molar-refractivity contribution in [2.75, 3.05) is 0 Å². The number of fused-ring (bicyclic) bond motifs is 1. The van der Waals surface area contributed by atoms with Gasteiger partial charge in [-0.2, -0.15) is 5.10 Å². The fourth-order valence-corrected chi connectivity index (χ4v) is 6.60. The molecule has 3 saturated carbocycles. The van der Waals surface area contributed by atoms with E-state index >= 15 is 0 Å². The van der Waals surface area contributed by atoms with Crippen LogP contribution in [-0.4, -0.2) is 29.8 Å². The third kappa shape index (κ3) is 3.20. The monoisotopic (exact) mass is 453 g/mol. The third-order valence-corrected chi connectivity index (χ3v) is 8.58. The molecule has 2 aromatic carbocycles. The lowest BCUT2D eigenvalue weighted by Crippen LogP contribution is -2.67. The van der Waals surface area contributed by atoms with Crippen molar-refractivity contribution >= 4 is 10.0 Å². The molecule has 6 nitrogen and oxygen atoms in total. The first-order valence-electron chi connectivity index (χ1n) is 10.9. The molecular formula is C24H24FN3O3S. The Bertz CT molecular complexity index is 1280. The average molecular weight is 454 g/mol. The molecule has 3 fully saturated rings. The summed E-state index contributed by atoms with van der Waals surface area (Å²) < 4.78 is 49.7. The van der Waals surface area contributed by atoms with Crippen molar-refractivity contribution in [3.05, 3.63) is 65.6 Å². The zero-order valence-corrected chi connectivity index (χ0v) is 18.5. The number of hydrogen-bond donors (Lipinski definition) is 1. The van der Waals surface area contributed by atoms with Crippen LogP contribution in [-0.2, 0) is 27.8 Å². The molecule has 166 valence electrons. The van der Waals surface area contributed by atoms with E-state index in [2.05, 4.69) is 4.72 Å². The van der Waals surface area contributed by atoms with Gasteiger partial charge in [-0.05, 0) is 68.5 Å². The normalized spacial score (nSPS) is 26.2. The van der Waals surface area contributed by atoms with Gasteiger partial charge in [-0.3, -0.25) is 0 Å². The number of ether oxygens (including phenoxy) is 1. The van der Waals surface area contributed by atoms with Crippen LogP contribution in [0, 0.1) is 11.7 Å². The Morgan fingerprint density at radius 2 is 1.78 bits per heavy atom. The van der Waals surface area contributed by atoms with Crippen molar-refractivity contribution in [1.82, 2.24) is 14.5 Å². The van der Waals surface area contributed by atoms with Gasteiger partial charge in [0.05, 0.1) is 34.7 Å². The molecule has 0 radical (unpaired) electrons. The van der Waals surface area contributed by atoms with Crippen LogP contribution in [0.4, 0.5) is 4.39 Å². The Morgan fingerprint density at radius 3 is 2.41 bits per heavy atom. The third-order valence-electron chi connectivity index (χ3n) is 6.98. The maximum Gasteiger partial charge on any atom is 0.241 e. The molecule has 0 unspecified atom stereocenters. The molecule has 3 aromatic rings. The number of sulfonamides is 1. The molecule has 2 bridgehead atoms. The van der Waals surface area contributed by atoms with Gasteiger partial charge in [-0.25, -0.2) is 22.2 Å². The average Bonchev–Trinajstić information content (AvgIpc) is 3.09. The van der Waals surface area contributed by atoms with Crippen LogP contribution in [0.5, 0.6) is 0 Å². The molecule has 4 aliphatic rings. The Kier molecular flexibility index (Phi) is 4.38. The summed E-state index contributed by atoms with van der Waals surface area (Å²) in [7, 11) is -3.54. The van der Waals surface area contributed by atoms with Gasteiger partial charge in [0.15, 0.2) is 0 Å². The Labute approximate surface area is 186 Å². The molecule has 8 heteroatoms. The number of hydrogen-bond acceptors (Lipinski definition) is 4. The van der Waals surface area contributed by atoms with E-state index in [9.17, 15) is 12.8 Å². The molecule has 7 rings (SSSR count). The van der Waals surface area contributed by atoms with E-state index in [0.717, 1.165) is 47.5 Å². The van der Waals surface area contributed by atoms with Gasteiger partial charge in [0.2, 0.25) is 10.0 Å². The van der Waals surface area contributed by atoms with E-state index in [-0.39, 0.29) is 22.4 Å². The van der Waals surface area contributed by atoms with Gasteiger partial charge < -0.3 is 4.74 Å². The van der Waals surface area contributed by atoms with Crippen LogP contribution in [0.3, 0.4) is 0 Å². The molecule has 0 amide bonds. The van der Waals surface area contributed by atoms with Crippen LogP contribution in [0.15, 0.2) is 53.4 Å². The van der Waals surface area contributed by atoms with Gasteiger partial charge in [0, 0.05) is 23.1 Å². The van der Waals surface area contributed by atoms with Crippen molar-refractivity contribution in [2.45, 2.75) is 55.8 Å². The zero-order valence-electron chi connectivity index (χ0n) is 17.7. The maximum absolute atomic E-state index is 13.4. The summed E-state index contributed by atoms with van der Waals surface area (Å²) in [6, 6.07) is 13.1. The lowest BCUT2D eigenvalue weighted by molar-refractivity contribution is -0.0317. The first-order chi connectivity index (χ1) is 15.3. The predicted octanol–water partition coefficient (Wildman–Crippen LogP) is 3.97. The highest BCUT2D eigenvalue weighted by molar-refractivity contribution is 7.89. The summed E-state index contributed by atoms with van der Waals surface area (Å²) in [5.74, 6) is 0.406. The minimum absolute atomic E-state index is 0.0572. The molecule has 1 aliphatic heterocycles. The maximum atomic E-state index is 13.4. The highest BCUT2D eigenvalue weighted by Gasteiger charge is 2.58. The standard InChI is InChI=1S/C24H24FN3O3S/c1-15-10-22-21(14-31-15)23(26-28(22)19-6-4-18(25)5-7-19)17-2-8-20(9-3-17)32(29,30)27-24-11-16(12-24)13-24/h2-9,15-16,27H,10-14H2,1H3/t15-,16?,24?/m0/s1. The van der Waals surface area contributed by atoms with E-state index < -0.39 is 10.0 Å². The number of benzene rings is 2. The van der Waals surface area contributed by atoms with E-state index in [1.165, 1.54) is 12.1 Å². The van der Waals surface area contributed by atoms with E-state index in [4.69, 9.17) is 9.84 Å². The van der Waals surface area contributed by atoms with Gasteiger partial charge in [0.1, 0.15) is 5.82 Å². The fraction of sp³-hybridized carbons (Fsp3) is 0.375. The predicted molar refractivity (Wildman–Crippen MR) is 117 cm³/mol. The van der Waals surface area contributed by atoms with Crippen molar-refractivity contribution in [1.29, 1.82) is 0 Å². The minimum atomic E-state index is -3.54. The minimum Gasteiger partial charge on any atom is -0.373 e. The van der Waals surface area contributed by atoms with Crippen molar-refractivity contribution in [2.24, 2.45) is 5.92 Å². The molecule has 1 atom stereocenters. The molecule has 1 aromatic heterocycles. The van der Waals surface area contributed by atoms with Gasteiger partial charge in [0.25, 0.3) is 0 Å². The number of rotatable bonds is 5. The molecule has 3 aliphatic carbocycles. The molecular weight excluding hydrogens is 429 g/mol. The van der Waals surface area contributed by atoms with Crippen LogP contribution in [0.25, 0.3) is 16.9 Å². The SMILES string of the molecule is C[C@H]1Cc2c(c(-c3ccc(S(=O)(=O)NC45CC(C4)C5)cc3)nn2-c2ccc(F)cc2)CO1. The van der Waals surface area contributed by atoms with Crippen molar-refractivity contribution < 1.29 is 17.5 Å². The summed E-state index contributed by atoms with van der Waals surface area (Å²) >= 11 is 0. The number of nitrogens with zero attached hydrogens (tertiary/aromatic N) is 2. The van der Waals surface area contributed by atoms with Crippen LogP contribution in [0.2, 0.25) is 0 Å². The Morgan fingerprint density at radius 1 is 1.09 bits per heavy atom. The second kappa shape index (κ2) is 6.97. The number of aromatic nitrogens is 2. The summed E-state index contributed by atoms with van der Waals surface area (Å²) in [5, 5.41) is 4.83. The first-order valence-corrected chi connectivity index (χ1v) is 12.4. The zero-order chi connectivity index (χ0) is 22.1. The second-order valence-corrected chi connectivity index (χ2v) is 11.1. The van der Waals surface area contributed by atoms with Gasteiger partial charge in [-0.1, -0.05) is 12.1 Å². The van der Waals surface area contributed by atoms with Gasteiger partial charge >= 0.3 is 0 Å². The number of nitrogens with one attached hydrogen (secondary N) is 1. The first kappa shape index (κ1) is 20.1. The summed E-state index contributed by atoms with van der Waals surface area (Å²) in [6.07, 6.45) is 3.61. The fourth-order valence-electron chi connectivity index (χ4n) is 5.17. The largest absolute Gasteiger partial charge is 0.373 e. The van der Waals surface area contributed by atoms with E-state index in [0.29, 0.717) is 18.9 Å². The lowest BCUT2D eigenvalue weighted by Gasteiger charge is -2.61. The molecule has 32 heavy (non-hydrogen) atoms. The van der Waals surface area contributed by atoms with Crippen LogP contribution >= 0.6 is 0 Å². The highest BCUT2D eigenvalue weighted by Crippen LogP contribution is 2.57. The quantitative estimate of drug-likeness (QED) is 0.635. The molecule has 2 heterocycles. The smallest absolute Gasteiger partial charge is 0.241 e. The summed E-state index contributed by atoms with van der Waals surface area (Å²) in [6.45, 7) is 2.45. The van der Waals surface area contributed by atoms with Gasteiger partial charge in [-0.15, -0.1) is 0 Å². The second-order valence-electron chi connectivity index (χ2n) is 9.38. The van der Waals surface area contributed by atoms with Crippen LogP contribution in [0.1, 0.15) is 37.4 Å².